The second-order valence-corrected chi connectivity index (χ2v) is 3.49. The largest absolute Gasteiger partial charge is 0.493 e. The van der Waals surface area contributed by atoms with E-state index in [-0.39, 0.29) is 5.56 Å². The lowest BCUT2D eigenvalue weighted by Gasteiger charge is -2.20. The highest BCUT2D eigenvalue weighted by Gasteiger charge is 2.25. The summed E-state index contributed by atoms with van der Waals surface area (Å²) < 4.78 is 18.7. The van der Waals surface area contributed by atoms with Gasteiger partial charge in [0.25, 0.3) is 0 Å². The van der Waals surface area contributed by atoms with Crippen LogP contribution >= 0.6 is 0 Å². The van der Waals surface area contributed by atoms with Gasteiger partial charge in [0.1, 0.15) is 5.75 Å². The maximum Gasteiger partial charge on any atom is 0.343 e. The first-order valence-corrected chi connectivity index (χ1v) is 4.81. The van der Waals surface area contributed by atoms with Crippen LogP contribution in [-0.2, 0) is 11.2 Å². The SMILES string of the molecule is O=C(O)C(F)c1cccc2c1OCCC2. The number of carbonyl (C=O) groups is 1. The number of halogens is 1. The van der Waals surface area contributed by atoms with Gasteiger partial charge < -0.3 is 9.84 Å². The molecule has 0 aromatic heterocycles. The van der Waals surface area contributed by atoms with Crippen LogP contribution in [0.3, 0.4) is 0 Å². The Morgan fingerprint density at radius 3 is 3.07 bits per heavy atom. The molecule has 0 saturated heterocycles. The number of hydrogen-bond acceptors (Lipinski definition) is 2. The van der Waals surface area contributed by atoms with Gasteiger partial charge in [0, 0.05) is 5.56 Å². The van der Waals surface area contributed by atoms with Gasteiger partial charge in [0.05, 0.1) is 6.61 Å². The number of aryl methyl sites for hydroxylation is 1. The third-order valence-corrected chi connectivity index (χ3v) is 2.45. The van der Waals surface area contributed by atoms with E-state index in [2.05, 4.69) is 0 Å². The molecule has 15 heavy (non-hydrogen) atoms. The summed E-state index contributed by atoms with van der Waals surface area (Å²) in [7, 11) is 0. The van der Waals surface area contributed by atoms with Crippen LogP contribution in [0.5, 0.6) is 5.75 Å². The van der Waals surface area contributed by atoms with Gasteiger partial charge in [-0.15, -0.1) is 0 Å². The number of benzene rings is 1. The van der Waals surface area contributed by atoms with E-state index >= 15 is 0 Å². The molecular formula is C11H11FO3. The van der Waals surface area contributed by atoms with E-state index in [1.165, 1.54) is 6.07 Å². The molecule has 0 saturated carbocycles. The van der Waals surface area contributed by atoms with Gasteiger partial charge in [0.2, 0.25) is 6.17 Å². The van der Waals surface area contributed by atoms with E-state index in [0.717, 1.165) is 18.4 Å². The van der Waals surface area contributed by atoms with Gasteiger partial charge in [-0.25, -0.2) is 9.18 Å². The number of carboxylic acid groups (broad SMARTS) is 1. The number of ether oxygens (including phenoxy) is 1. The fourth-order valence-electron chi connectivity index (χ4n) is 1.75. The molecule has 4 heteroatoms. The first kappa shape index (κ1) is 9.96. The second-order valence-electron chi connectivity index (χ2n) is 3.49. The summed E-state index contributed by atoms with van der Waals surface area (Å²) >= 11 is 0. The Morgan fingerprint density at radius 2 is 2.33 bits per heavy atom. The number of rotatable bonds is 2. The summed E-state index contributed by atoms with van der Waals surface area (Å²) in [5.74, 6) is -1.06. The average Bonchev–Trinajstić information content (AvgIpc) is 2.27. The summed E-state index contributed by atoms with van der Waals surface area (Å²) in [6.45, 7) is 0.524. The minimum atomic E-state index is -2.00. The Morgan fingerprint density at radius 1 is 1.53 bits per heavy atom. The van der Waals surface area contributed by atoms with Crippen molar-refractivity contribution in [2.24, 2.45) is 0 Å². The lowest BCUT2D eigenvalue weighted by Crippen LogP contribution is -2.14. The van der Waals surface area contributed by atoms with E-state index in [4.69, 9.17) is 9.84 Å². The predicted molar refractivity (Wildman–Crippen MR) is 51.7 cm³/mol. The molecule has 0 fully saturated rings. The van der Waals surface area contributed by atoms with Crippen molar-refractivity contribution in [1.29, 1.82) is 0 Å². The lowest BCUT2D eigenvalue weighted by atomic mass is 10.00. The van der Waals surface area contributed by atoms with E-state index < -0.39 is 12.1 Å². The van der Waals surface area contributed by atoms with Crippen LogP contribution in [0, 0.1) is 0 Å². The molecule has 3 nitrogen and oxygen atoms in total. The molecule has 0 radical (unpaired) electrons. The quantitative estimate of drug-likeness (QED) is 0.813. The van der Waals surface area contributed by atoms with Crippen LogP contribution in [0.15, 0.2) is 18.2 Å². The average molecular weight is 210 g/mol. The standard InChI is InChI=1S/C11H11FO3/c12-9(11(13)14)8-5-1-3-7-4-2-6-15-10(7)8/h1,3,5,9H,2,4,6H2,(H,13,14). The molecule has 0 amide bonds. The number of carboxylic acids is 1. The van der Waals surface area contributed by atoms with Crippen LogP contribution in [-0.4, -0.2) is 17.7 Å². The van der Waals surface area contributed by atoms with E-state index in [1.54, 1.807) is 6.07 Å². The van der Waals surface area contributed by atoms with Crippen molar-refractivity contribution in [2.45, 2.75) is 19.0 Å². The third-order valence-electron chi connectivity index (χ3n) is 2.45. The molecule has 1 aliphatic heterocycles. The fraction of sp³-hybridized carbons (Fsp3) is 0.364. The summed E-state index contributed by atoms with van der Waals surface area (Å²) in [4.78, 5) is 10.6. The highest BCUT2D eigenvalue weighted by Crippen LogP contribution is 2.34. The molecule has 80 valence electrons. The van der Waals surface area contributed by atoms with Crippen molar-refractivity contribution in [3.63, 3.8) is 0 Å². The lowest BCUT2D eigenvalue weighted by molar-refractivity contribution is -0.143. The van der Waals surface area contributed by atoms with Crippen molar-refractivity contribution < 1.29 is 19.0 Å². The zero-order valence-corrected chi connectivity index (χ0v) is 8.07. The monoisotopic (exact) mass is 210 g/mol. The van der Waals surface area contributed by atoms with Crippen LogP contribution in [0.4, 0.5) is 4.39 Å². The highest BCUT2D eigenvalue weighted by atomic mass is 19.1. The van der Waals surface area contributed by atoms with Gasteiger partial charge in [-0.2, -0.15) is 0 Å². The number of alkyl halides is 1. The number of para-hydroxylation sites is 1. The van der Waals surface area contributed by atoms with Crippen molar-refractivity contribution in [3.05, 3.63) is 29.3 Å². The van der Waals surface area contributed by atoms with Crippen LogP contribution in [0.2, 0.25) is 0 Å². The maximum absolute atomic E-state index is 13.4. The first-order chi connectivity index (χ1) is 7.20. The van der Waals surface area contributed by atoms with Crippen molar-refractivity contribution >= 4 is 5.97 Å². The summed E-state index contributed by atoms with van der Waals surface area (Å²) in [6.07, 6.45) is -0.297. The molecule has 1 aliphatic rings. The molecule has 2 rings (SSSR count). The molecule has 1 aromatic rings. The normalized spacial score (nSPS) is 16.3. The Labute approximate surface area is 86.5 Å². The highest BCUT2D eigenvalue weighted by molar-refractivity contribution is 5.75. The van der Waals surface area contributed by atoms with Crippen LogP contribution in [0.1, 0.15) is 23.7 Å². The third kappa shape index (κ3) is 1.79. The van der Waals surface area contributed by atoms with Crippen LogP contribution in [0.25, 0.3) is 0 Å². The minimum absolute atomic E-state index is 0.125. The minimum Gasteiger partial charge on any atom is -0.493 e. The second kappa shape index (κ2) is 3.88. The van der Waals surface area contributed by atoms with Gasteiger partial charge in [-0.3, -0.25) is 0 Å². The van der Waals surface area contributed by atoms with Crippen molar-refractivity contribution in [1.82, 2.24) is 0 Å². The predicted octanol–water partition coefficient (Wildman–Crippen LogP) is 2.11. The smallest absolute Gasteiger partial charge is 0.343 e. The summed E-state index contributed by atoms with van der Waals surface area (Å²) in [6, 6.07) is 4.97. The Hall–Kier alpha value is -1.58. The number of fused-ring (bicyclic) bond motifs is 1. The molecule has 0 aliphatic carbocycles. The molecular weight excluding hydrogens is 199 g/mol. The molecule has 1 N–H and O–H groups in total. The molecule has 0 spiro atoms. The zero-order chi connectivity index (χ0) is 10.8. The van der Waals surface area contributed by atoms with Crippen LogP contribution < -0.4 is 4.74 Å². The molecule has 1 unspecified atom stereocenters. The van der Waals surface area contributed by atoms with E-state index in [9.17, 15) is 9.18 Å². The maximum atomic E-state index is 13.4. The molecule has 1 atom stereocenters. The van der Waals surface area contributed by atoms with Gasteiger partial charge in [-0.1, -0.05) is 18.2 Å². The number of hydrogen-bond donors (Lipinski definition) is 1. The molecule has 0 bridgehead atoms. The molecule has 1 heterocycles. The molecule has 1 aromatic carbocycles. The Balaban J connectivity index is 2.43. The number of aliphatic carboxylic acids is 1. The van der Waals surface area contributed by atoms with E-state index in [0.29, 0.717) is 12.4 Å². The topological polar surface area (TPSA) is 46.5 Å². The van der Waals surface area contributed by atoms with E-state index in [1.807, 2.05) is 6.07 Å². The van der Waals surface area contributed by atoms with Gasteiger partial charge in [0.15, 0.2) is 0 Å². The summed E-state index contributed by atoms with van der Waals surface area (Å²) in [5, 5.41) is 8.61. The van der Waals surface area contributed by atoms with Crippen molar-refractivity contribution in [3.8, 4) is 5.75 Å². The fourth-order valence-corrected chi connectivity index (χ4v) is 1.75. The zero-order valence-electron chi connectivity index (χ0n) is 8.07. The summed E-state index contributed by atoms with van der Waals surface area (Å²) in [5.41, 5.74) is 1.02. The first-order valence-electron chi connectivity index (χ1n) is 4.81. The Kier molecular flexibility index (Phi) is 2.58. The van der Waals surface area contributed by atoms with Gasteiger partial charge >= 0.3 is 5.97 Å². The van der Waals surface area contributed by atoms with Gasteiger partial charge in [-0.05, 0) is 18.4 Å². The van der Waals surface area contributed by atoms with Crippen molar-refractivity contribution in [2.75, 3.05) is 6.61 Å². The Bertz CT molecular complexity index is 389.